The summed E-state index contributed by atoms with van der Waals surface area (Å²) < 4.78 is 15.9. The smallest absolute Gasteiger partial charge is 0.255 e. The van der Waals surface area contributed by atoms with Crippen molar-refractivity contribution in [3.05, 3.63) is 53.9 Å². The summed E-state index contributed by atoms with van der Waals surface area (Å²) in [6.07, 6.45) is 1.46. The van der Waals surface area contributed by atoms with Gasteiger partial charge in [-0.2, -0.15) is 5.10 Å². The Kier molecular flexibility index (Phi) is 6.38. The number of carbonyl (C=O) groups is 1. The molecule has 3 aromatic rings. The molecule has 146 valence electrons. The zero-order valence-corrected chi connectivity index (χ0v) is 16.5. The third-order valence-corrected chi connectivity index (χ3v) is 4.83. The van der Waals surface area contributed by atoms with E-state index in [0.717, 1.165) is 10.7 Å². The molecule has 1 heterocycles. The van der Waals surface area contributed by atoms with Gasteiger partial charge in [-0.1, -0.05) is 23.9 Å². The number of benzene rings is 2. The summed E-state index contributed by atoms with van der Waals surface area (Å²) >= 11 is 1.51. The van der Waals surface area contributed by atoms with Crippen LogP contribution in [0, 0.1) is 0 Å². The summed E-state index contributed by atoms with van der Waals surface area (Å²) in [5.74, 6) is 1.83. The van der Waals surface area contributed by atoms with Gasteiger partial charge >= 0.3 is 0 Å². The molecule has 0 bridgehead atoms. The number of rotatable bonds is 8. The molecule has 2 N–H and O–H groups in total. The Morgan fingerprint density at radius 2 is 1.86 bits per heavy atom. The number of aromatic nitrogens is 3. The Morgan fingerprint density at radius 3 is 2.46 bits per heavy atom. The summed E-state index contributed by atoms with van der Waals surface area (Å²) in [5.41, 5.74) is 2.09. The van der Waals surface area contributed by atoms with E-state index in [1.54, 1.807) is 18.2 Å². The average Bonchev–Trinajstić information content (AvgIpc) is 3.25. The fourth-order valence-electron chi connectivity index (χ4n) is 2.57. The molecule has 1 aromatic heterocycles. The van der Waals surface area contributed by atoms with Crippen LogP contribution in [0.2, 0.25) is 0 Å². The summed E-state index contributed by atoms with van der Waals surface area (Å²) in [7, 11) is 4.58. The molecule has 0 fully saturated rings. The van der Waals surface area contributed by atoms with Gasteiger partial charge < -0.3 is 19.5 Å². The molecule has 2 aromatic carbocycles. The second kappa shape index (κ2) is 9.14. The fraction of sp³-hybridized carbons (Fsp3) is 0.211. The molecular formula is C19H20N4O4S. The fourth-order valence-corrected chi connectivity index (χ4v) is 3.30. The number of aromatic amines is 1. The lowest BCUT2D eigenvalue weighted by Gasteiger charge is -2.14. The molecule has 0 atom stereocenters. The number of carbonyl (C=O) groups excluding carboxylic acids is 1. The molecule has 0 radical (unpaired) electrons. The van der Waals surface area contributed by atoms with Crippen molar-refractivity contribution in [2.45, 2.75) is 10.9 Å². The molecule has 8 nitrogen and oxygen atoms in total. The molecule has 1 amide bonds. The summed E-state index contributed by atoms with van der Waals surface area (Å²) in [5, 5.41) is 10.2. The van der Waals surface area contributed by atoms with E-state index in [1.807, 2.05) is 18.2 Å². The minimum absolute atomic E-state index is 0.235. The average molecular weight is 400 g/mol. The van der Waals surface area contributed by atoms with E-state index >= 15 is 0 Å². The van der Waals surface area contributed by atoms with Gasteiger partial charge in [0.25, 0.3) is 5.91 Å². The van der Waals surface area contributed by atoms with E-state index in [1.165, 1.54) is 39.4 Å². The zero-order chi connectivity index (χ0) is 19.9. The van der Waals surface area contributed by atoms with E-state index in [2.05, 4.69) is 20.5 Å². The van der Waals surface area contributed by atoms with Gasteiger partial charge in [0, 0.05) is 29.1 Å². The Balaban J connectivity index is 1.75. The quantitative estimate of drug-likeness (QED) is 0.559. The van der Waals surface area contributed by atoms with E-state index in [4.69, 9.17) is 14.2 Å². The van der Waals surface area contributed by atoms with Crippen molar-refractivity contribution in [3.8, 4) is 17.2 Å². The third-order valence-electron chi connectivity index (χ3n) is 3.88. The number of hydrogen-bond acceptors (Lipinski definition) is 7. The number of nitrogens with zero attached hydrogens (tertiary/aromatic N) is 2. The van der Waals surface area contributed by atoms with Crippen molar-refractivity contribution in [2.75, 3.05) is 26.6 Å². The maximum absolute atomic E-state index is 12.7. The topological polar surface area (TPSA) is 98.4 Å². The van der Waals surface area contributed by atoms with Crippen LogP contribution in [0.15, 0.2) is 47.9 Å². The SMILES string of the molecule is COc1cc(NC(=O)c2cccc(CSc3ncn[nH]3)c2)cc(OC)c1OC. The zero-order valence-electron chi connectivity index (χ0n) is 15.7. The van der Waals surface area contributed by atoms with Crippen molar-refractivity contribution < 1.29 is 19.0 Å². The highest BCUT2D eigenvalue weighted by atomic mass is 32.2. The number of amides is 1. The maximum Gasteiger partial charge on any atom is 0.255 e. The first-order chi connectivity index (χ1) is 13.6. The normalized spacial score (nSPS) is 10.4. The lowest BCUT2D eigenvalue weighted by molar-refractivity contribution is 0.102. The minimum atomic E-state index is -0.235. The summed E-state index contributed by atoms with van der Waals surface area (Å²) in [6, 6.07) is 10.8. The number of thioether (sulfide) groups is 1. The van der Waals surface area contributed by atoms with Crippen molar-refractivity contribution >= 4 is 23.4 Å². The van der Waals surface area contributed by atoms with Crippen molar-refractivity contribution in [3.63, 3.8) is 0 Å². The number of H-pyrrole nitrogens is 1. The van der Waals surface area contributed by atoms with Gasteiger partial charge in [-0.25, -0.2) is 4.98 Å². The number of ether oxygens (including phenoxy) is 3. The predicted octanol–water partition coefficient (Wildman–Crippen LogP) is 3.38. The molecule has 0 saturated heterocycles. The Hall–Kier alpha value is -3.20. The number of methoxy groups -OCH3 is 3. The Labute approximate surface area is 166 Å². The van der Waals surface area contributed by atoms with Crippen LogP contribution in [0.3, 0.4) is 0 Å². The molecule has 0 aliphatic rings. The number of anilines is 1. The first-order valence-corrected chi connectivity index (χ1v) is 9.31. The standard InChI is InChI=1S/C19H20N4O4S/c1-25-15-8-14(9-16(26-2)17(15)27-3)22-18(24)13-6-4-5-12(7-13)10-28-19-20-11-21-23-19/h4-9,11H,10H2,1-3H3,(H,22,24)(H,20,21,23). The highest BCUT2D eigenvalue weighted by Gasteiger charge is 2.15. The van der Waals surface area contributed by atoms with Gasteiger partial charge in [0.15, 0.2) is 16.7 Å². The predicted molar refractivity (Wildman–Crippen MR) is 106 cm³/mol. The number of nitrogens with one attached hydrogen (secondary N) is 2. The van der Waals surface area contributed by atoms with Crippen LogP contribution in [0.5, 0.6) is 17.2 Å². The van der Waals surface area contributed by atoms with E-state index in [0.29, 0.717) is 34.3 Å². The monoisotopic (exact) mass is 400 g/mol. The molecule has 0 aliphatic carbocycles. The molecule has 0 unspecified atom stereocenters. The van der Waals surface area contributed by atoms with E-state index in [-0.39, 0.29) is 5.91 Å². The van der Waals surface area contributed by atoms with Crippen LogP contribution < -0.4 is 19.5 Å². The first-order valence-electron chi connectivity index (χ1n) is 8.33. The second-order valence-electron chi connectivity index (χ2n) is 5.65. The van der Waals surface area contributed by atoms with Gasteiger partial charge in [-0.05, 0) is 17.7 Å². The van der Waals surface area contributed by atoms with Crippen LogP contribution >= 0.6 is 11.8 Å². The lowest BCUT2D eigenvalue weighted by Crippen LogP contribution is -2.12. The van der Waals surface area contributed by atoms with Gasteiger partial charge in [0.1, 0.15) is 6.33 Å². The molecular weight excluding hydrogens is 380 g/mol. The molecule has 9 heteroatoms. The second-order valence-corrected chi connectivity index (χ2v) is 6.61. The summed E-state index contributed by atoms with van der Waals surface area (Å²) in [4.78, 5) is 16.8. The first kappa shape index (κ1) is 19.6. The van der Waals surface area contributed by atoms with Crippen molar-refractivity contribution in [1.82, 2.24) is 15.2 Å². The molecule has 0 saturated carbocycles. The number of hydrogen-bond donors (Lipinski definition) is 2. The van der Waals surface area contributed by atoms with Crippen LogP contribution in [-0.4, -0.2) is 42.4 Å². The highest BCUT2D eigenvalue weighted by molar-refractivity contribution is 7.98. The van der Waals surface area contributed by atoms with Crippen molar-refractivity contribution in [1.29, 1.82) is 0 Å². The lowest BCUT2D eigenvalue weighted by atomic mass is 10.1. The largest absolute Gasteiger partial charge is 0.493 e. The van der Waals surface area contributed by atoms with Gasteiger partial charge in [-0.3, -0.25) is 9.89 Å². The Morgan fingerprint density at radius 1 is 1.11 bits per heavy atom. The molecule has 28 heavy (non-hydrogen) atoms. The van der Waals surface area contributed by atoms with E-state index < -0.39 is 0 Å². The maximum atomic E-state index is 12.7. The van der Waals surface area contributed by atoms with Crippen LogP contribution in [0.1, 0.15) is 15.9 Å². The molecule has 0 aliphatic heterocycles. The Bertz CT molecular complexity index is 922. The van der Waals surface area contributed by atoms with Gasteiger partial charge in [0.2, 0.25) is 5.75 Å². The third kappa shape index (κ3) is 4.55. The van der Waals surface area contributed by atoms with Gasteiger partial charge in [0.05, 0.1) is 21.3 Å². The van der Waals surface area contributed by atoms with Gasteiger partial charge in [-0.15, -0.1) is 0 Å². The minimum Gasteiger partial charge on any atom is -0.493 e. The van der Waals surface area contributed by atoms with Crippen LogP contribution in [-0.2, 0) is 5.75 Å². The highest BCUT2D eigenvalue weighted by Crippen LogP contribution is 2.40. The van der Waals surface area contributed by atoms with Crippen molar-refractivity contribution in [2.24, 2.45) is 0 Å². The molecule has 3 rings (SSSR count). The van der Waals surface area contributed by atoms with Crippen LogP contribution in [0.4, 0.5) is 5.69 Å². The molecule has 0 spiro atoms. The summed E-state index contributed by atoms with van der Waals surface area (Å²) in [6.45, 7) is 0. The van der Waals surface area contributed by atoms with E-state index in [9.17, 15) is 4.79 Å². The van der Waals surface area contributed by atoms with Crippen LogP contribution in [0.25, 0.3) is 0 Å².